The van der Waals surface area contributed by atoms with Gasteiger partial charge in [0.15, 0.2) is 17.0 Å². The van der Waals surface area contributed by atoms with Gasteiger partial charge in [0.1, 0.15) is 23.3 Å². The van der Waals surface area contributed by atoms with Crippen LogP contribution in [-0.4, -0.2) is 67.6 Å². The van der Waals surface area contributed by atoms with Gasteiger partial charge in [-0.1, -0.05) is 6.07 Å². The number of hydrogen-bond donors (Lipinski definition) is 1. The quantitative estimate of drug-likeness (QED) is 0.522. The summed E-state index contributed by atoms with van der Waals surface area (Å²) in [4.78, 5) is 26.7. The van der Waals surface area contributed by atoms with Crippen LogP contribution in [0.4, 0.5) is 16.0 Å². The second kappa shape index (κ2) is 8.12. The number of hydrogen-bond acceptors (Lipinski definition) is 8. The number of halogens is 1. The van der Waals surface area contributed by atoms with Crippen molar-refractivity contribution in [2.24, 2.45) is 0 Å². The zero-order valence-electron chi connectivity index (χ0n) is 18.0. The molecular weight excluding hydrogens is 409 g/mol. The third-order valence-corrected chi connectivity index (χ3v) is 5.67. The molecule has 1 aliphatic heterocycles. The van der Waals surface area contributed by atoms with Crippen molar-refractivity contribution in [1.29, 1.82) is 0 Å². The van der Waals surface area contributed by atoms with Gasteiger partial charge in [-0.3, -0.25) is 4.98 Å². The van der Waals surface area contributed by atoms with Crippen molar-refractivity contribution in [2.75, 3.05) is 43.9 Å². The summed E-state index contributed by atoms with van der Waals surface area (Å²) in [5, 5.41) is 0. The number of likely N-dealkylation sites (N-methyl/N-ethyl adjacent to an activating group) is 1. The third-order valence-electron chi connectivity index (χ3n) is 5.67. The maximum atomic E-state index is 13.9. The standard InChI is InChI=1S/C22H24FN9/c1-14-27-20(24)19-22(28-14)32(21(29-19)16-9-17(23)12-25-11-16)13-15-3-4-18(26-10-15)31-7-5-30(2)6-8-31/h3-4,9-12H,5-8,13H2,1-2H3,(H2,24,27,28). The van der Waals surface area contributed by atoms with Gasteiger partial charge in [0.25, 0.3) is 0 Å². The van der Waals surface area contributed by atoms with Gasteiger partial charge in [0.05, 0.1) is 12.7 Å². The molecule has 9 nitrogen and oxygen atoms in total. The minimum atomic E-state index is -0.436. The van der Waals surface area contributed by atoms with Crippen LogP contribution >= 0.6 is 0 Å². The number of aryl methyl sites for hydroxylation is 1. The van der Waals surface area contributed by atoms with E-state index in [2.05, 4.69) is 47.8 Å². The Kier molecular flexibility index (Phi) is 5.14. The van der Waals surface area contributed by atoms with Crippen molar-refractivity contribution in [3.05, 3.63) is 54.0 Å². The summed E-state index contributed by atoms with van der Waals surface area (Å²) in [5.41, 5.74) is 8.71. The molecule has 0 aliphatic carbocycles. The topological polar surface area (TPSA) is 102 Å². The zero-order chi connectivity index (χ0) is 22.2. The number of nitrogens with two attached hydrogens (primary N) is 1. The summed E-state index contributed by atoms with van der Waals surface area (Å²) in [6, 6.07) is 5.49. The molecule has 0 bridgehead atoms. The summed E-state index contributed by atoms with van der Waals surface area (Å²) in [6.07, 6.45) is 4.60. The summed E-state index contributed by atoms with van der Waals surface area (Å²) in [5.74, 6) is 1.90. The van der Waals surface area contributed by atoms with E-state index in [-0.39, 0.29) is 0 Å². The van der Waals surface area contributed by atoms with Crippen molar-refractivity contribution < 1.29 is 4.39 Å². The van der Waals surface area contributed by atoms with E-state index in [4.69, 9.17) is 5.73 Å². The Balaban J connectivity index is 1.52. The molecule has 4 aromatic heterocycles. The first-order chi connectivity index (χ1) is 15.5. The van der Waals surface area contributed by atoms with Crippen LogP contribution in [0.25, 0.3) is 22.6 Å². The van der Waals surface area contributed by atoms with Crippen LogP contribution in [0.15, 0.2) is 36.8 Å². The van der Waals surface area contributed by atoms with Gasteiger partial charge in [-0.2, -0.15) is 0 Å². The van der Waals surface area contributed by atoms with Crippen molar-refractivity contribution >= 4 is 22.8 Å². The van der Waals surface area contributed by atoms with E-state index >= 15 is 0 Å². The molecule has 1 saturated heterocycles. The largest absolute Gasteiger partial charge is 0.382 e. The zero-order valence-corrected chi connectivity index (χ0v) is 18.0. The molecule has 2 N–H and O–H groups in total. The number of fused-ring (bicyclic) bond motifs is 1. The minimum Gasteiger partial charge on any atom is -0.382 e. The first-order valence-corrected chi connectivity index (χ1v) is 10.5. The summed E-state index contributed by atoms with van der Waals surface area (Å²) >= 11 is 0. The van der Waals surface area contributed by atoms with Gasteiger partial charge in [-0.25, -0.2) is 24.3 Å². The molecule has 5 heterocycles. The number of pyridine rings is 2. The molecule has 1 aliphatic rings. The van der Waals surface area contributed by atoms with Crippen molar-refractivity contribution in [3.8, 4) is 11.4 Å². The maximum absolute atomic E-state index is 13.9. The minimum absolute atomic E-state index is 0.292. The first kappa shape index (κ1) is 20.3. The van der Waals surface area contributed by atoms with Gasteiger partial charge >= 0.3 is 0 Å². The molecule has 32 heavy (non-hydrogen) atoms. The monoisotopic (exact) mass is 433 g/mol. The van der Waals surface area contributed by atoms with E-state index in [9.17, 15) is 4.39 Å². The lowest BCUT2D eigenvalue weighted by atomic mass is 10.2. The smallest absolute Gasteiger partial charge is 0.166 e. The van der Waals surface area contributed by atoms with Gasteiger partial charge in [-0.05, 0) is 31.7 Å². The van der Waals surface area contributed by atoms with E-state index in [1.165, 1.54) is 6.07 Å². The molecule has 0 radical (unpaired) electrons. The van der Waals surface area contributed by atoms with Crippen LogP contribution in [0.3, 0.4) is 0 Å². The lowest BCUT2D eigenvalue weighted by Crippen LogP contribution is -2.44. The molecule has 0 amide bonds. The highest BCUT2D eigenvalue weighted by molar-refractivity contribution is 5.85. The van der Waals surface area contributed by atoms with Gasteiger partial charge < -0.3 is 20.1 Å². The number of rotatable bonds is 4. The molecule has 0 atom stereocenters. The number of imidazole rings is 1. The fourth-order valence-corrected chi connectivity index (χ4v) is 3.95. The maximum Gasteiger partial charge on any atom is 0.166 e. The van der Waals surface area contributed by atoms with Crippen LogP contribution in [0.5, 0.6) is 0 Å². The Morgan fingerprint density at radius 2 is 1.84 bits per heavy atom. The third kappa shape index (κ3) is 3.84. The number of nitrogen functional groups attached to an aromatic ring is 1. The summed E-state index contributed by atoms with van der Waals surface area (Å²) < 4.78 is 15.8. The molecule has 0 aromatic carbocycles. The fraction of sp³-hybridized carbons (Fsp3) is 0.318. The summed E-state index contributed by atoms with van der Waals surface area (Å²) in [6.45, 7) is 6.20. The normalized spacial score (nSPS) is 14.9. The molecular formula is C22H24FN9. The highest BCUT2D eigenvalue weighted by atomic mass is 19.1. The molecule has 4 aromatic rings. The predicted molar refractivity (Wildman–Crippen MR) is 121 cm³/mol. The fourth-order valence-electron chi connectivity index (χ4n) is 3.95. The van der Waals surface area contributed by atoms with Crippen LogP contribution in [0, 0.1) is 12.7 Å². The molecule has 0 saturated carbocycles. The van der Waals surface area contributed by atoms with E-state index in [0.29, 0.717) is 40.7 Å². The summed E-state index contributed by atoms with van der Waals surface area (Å²) in [7, 11) is 2.13. The Bertz CT molecular complexity index is 1260. The van der Waals surface area contributed by atoms with Crippen LogP contribution < -0.4 is 10.6 Å². The average Bonchev–Trinajstić information content (AvgIpc) is 3.13. The van der Waals surface area contributed by atoms with Crippen molar-refractivity contribution in [3.63, 3.8) is 0 Å². The second-order valence-corrected chi connectivity index (χ2v) is 8.06. The Morgan fingerprint density at radius 3 is 2.56 bits per heavy atom. The van der Waals surface area contributed by atoms with Gasteiger partial charge in [0, 0.05) is 44.1 Å². The van der Waals surface area contributed by atoms with Crippen molar-refractivity contribution in [1.82, 2.24) is 34.4 Å². The van der Waals surface area contributed by atoms with E-state index in [1.807, 2.05) is 16.8 Å². The molecule has 0 unspecified atom stereocenters. The predicted octanol–water partition coefficient (Wildman–Crippen LogP) is 2.11. The Hall–Kier alpha value is -3.66. The first-order valence-electron chi connectivity index (χ1n) is 10.5. The lowest BCUT2D eigenvalue weighted by Gasteiger charge is -2.33. The second-order valence-electron chi connectivity index (χ2n) is 8.06. The molecule has 0 spiro atoms. The van der Waals surface area contributed by atoms with E-state index in [1.54, 1.807) is 13.1 Å². The van der Waals surface area contributed by atoms with Crippen LogP contribution in [0.2, 0.25) is 0 Å². The molecule has 164 valence electrons. The Labute approximate surface area is 184 Å². The average molecular weight is 433 g/mol. The van der Waals surface area contributed by atoms with E-state index < -0.39 is 5.82 Å². The highest BCUT2D eigenvalue weighted by Gasteiger charge is 2.19. The molecule has 10 heteroatoms. The number of anilines is 2. The van der Waals surface area contributed by atoms with Crippen molar-refractivity contribution in [2.45, 2.75) is 13.5 Å². The highest BCUT2D eigenvalue weighted by Crippen LogP contribution is 2.27. The van der Waals surface area contributed by atoms with Crippen LogP contribution in [-0.2, 0) is 6.54 Å². The van der Waals surface area contributed by atoms with Crippen LogP contribution in [0.1, 0.15) is 11.4 Å². The molecule has 5 rings (SSSR count). The number of nitrogens with zero attached hydrogens (tertiary/aromatic N) is 8. The number of aromatic nitrogens is 6. The Morgan fingerprint density at radius 1 is 1.03 bits per heavy atom. The molecule has 1 fully saturated rings. The number of piperazine rings is 1. The SMILES string of the molecule is Cc1nc(N)c2nc(-c3cncc(F)c3)n(Cc3ccc(N4CCN(C)CC4)nc3)c2n1. The van der Waals surface area contributed by atoms with E-state index in [0.717, 1.165) is 43.8 Å². The van der Waals surface area contributed by atoms with Gasteiger partial charge in [-0.15, -0.1) is 0 Å². The lowest BCUT2D eigenvalue weighted by molar-refractivity contribution is 0.312. The van der Waals surface area contributed by atoms with Gasteiger partial charge in [0.2, 0.25) is 0 Å².